The van der Waals surface area contributed by atoms with Crippen molar-refractivity contribution in [3.8, 4) is 0 Å². The summed E-state index contributed by atoms with van der Waals surface area (Å²) < 4.78 is 18.6. The highest BCUT2D eigenvalue weighted by atomic mass is 35.5. The number of benzene rings is 2. The number of carbonyl (C=O) groups excluding carboxylic acids is 2. The Morgan fingerprint density at radius 1 is 1.13 bits per heavy atom. The molecule has 0 saturated carbocycles. The third kappa shape index (κ3) is 4.50. The van der Waals surface area contributed by atoms with E-state index >= 15 is 0 Å². The van der Waals surface area contributed by atoms with Crippen LogP contribution in [0.25, 0.3) is 6.08 Å². The number of ether oxygens (including phenoxy) is 1. The topological polar surface area (TPSA) is 43.4 Å². The van der Waals surface area contributed by atoms with Gasteiger partial charge in [-0.3, -0.25) is 4.79 Å². The molecule has 2 aromatic rings. The van der Waals surface area contributed by atoms with Crippen LogP contribution in [-0.4, -0.2) is 17.9 Å². The lowest BCUT2D eigenvalue weighted by molar-refractivity contribution is -0.140. The third-order valence-electron chi connectivity index (χ3n) is 3.11. The van der Waals surface area contributed by atoms with Crippen LogP contribution in [0.5, 0.6) is 0 Å². The molecule has 23 heavy (non-hydrogen) atoms. The van der Waals surface area contributed by atoms with E-state index in [0.29, 0.717) is 5.56 Å². The highest BCUT2D eigenvalue weighted by Gasteiger charge is 2.18. The first-order valence-corrected chi connectivity index (χ1v) is 7.29. The van der Waals surface area contributed by atoms with Crippen LogP contribution in [0.1, 0.15) is 22.8 Å². The van der Waals surface area contributed by atoms with Gasteiger partial charge in [0.25, 0.3) is 0 Å². The van der Waals surface area contributed by atoms with E-state index in [-0.39, 0.29) is 16.4 Å². The van der Waals surface area contributed by atoms with Crippen LogP contribution in [0.2, 0.25) is 5.02 Å². The normalized spacial score (nSPS) is 12.1. The lowest BCUT2D eigenvalue weighted by Crippen LogP contribution is -2.23. The molecule has 118 valence electrons. The Bertz CT molecular complexity index is 721. The second-order valence-corrected chi connectivity index (χ2v) is 5.19. The van der Waals surface area contributed by atoms with Gasteiger partial charge < -0.3 is 4.74 Å². The summed E-state index contributed by atoms with van der Waals surface area (Å²) in [4.78, 5) is 23.8. The summed E-state index contributed by atoms with van der Waals surface area (Å²) >= 11 is 5.85. The van der Waals surface area contributed by atoms with Gasteiger partial charge in [-0.2, -0.15) is 0 Å². The average molecular weight is 333 g/mol. The van der Waals surface area contributed by atoms with Gasteiger partial charge in [-0.15, -0.1) is 0 Å². The summed E-state index contributed by atoms with van der Waals surface area (Å²) in [6.07, 6.45) is 1.32. The van der Waals surface area contributed by atoms with Crippen LogP contribution in [-0.2, 0) is 9.53 Å². The van der Waals surface area contributed by atoms with Crippen LogP contribution in [0.3, 0.4) is 0 Å². The minimum atomic E-state index is -0.939. The molecular formula is C18H14ClFO3. The van der Waals surface area contributed by atoms with Crippen molar-refractivity contribution in [3.63, 3.8) is 0 Å². The molecule has 5 heteroatoms. The van der Waals surface area contributed by atoms with E-state index in [4.69, 9.17) is 16.3 Å². The lowest BCUT2D eigenvalue weighted by atomic mass is 10.1. The zero-order valence-corrected chi connectivity index (χ0v) is 13.1. The van der Waals surface area contributed by atoms with Crippen LogP contribution in [0.15, 0.2) is 54.6 Å². The molecule has 2 aromatic carbocycles. The van der Waals surface area contributed by atoms with E-state index in [0.717, 1.165) is 6.08 Å². The van der Waals surface area contributed by atoms with Crippen molar-refractivity contribution in [1.82, 2.24) is 0 Å². The zero-order chi connectivity index (χ0) is 16.8. The second-order valence-electron chi connectivity index (χ2n) is 4.78. The fraction of sp³-hybridized carbons (Fsp3) is 0.111. The Morgan fingerprint density at radius 2 is 1.83 bits per heavy atom. The molecule has 3 nitrogen and oxygen atoms in total. The second kappa shape index (κ2) is 7.70. The summed E-state index contributed by atoms with van der Waals surface area (Å²) in [5, 5.41) is 0.183. The molecule has 0 bridgehead atoms. The smallest absolute Gasteiger partial charge is 0.331 e. The summed E-state index contributed by atoms with van der Waals surface area (Å²) in [5.41, 5.74) is 0.544. The Hall–Kier alpha value is -2.46. The SMILES string of the molecule is C[C@@H](OC(=O)/C=C/c1c(F)cccc1Cl)C(=O)c1ccccc1. The molecule has 0 fully saturated rings. The van der Waals surface area contributed by atoms with Crippen molar-refractivity contribution in [3.05, 3.63) is 76.6 Å². The monoisotopic (exact) mass is 332 g/mol. The third-order valence-corrected chi connectivity index (χ3v) is 3.44. The minimum Gasteiger partial charge on any atom is -0.451 e. The predicted octanol–water partition coefficient (Wildman–Crippen LogP) is 4.31. The number of hydrogen-bond donors (Lipinski definition) is 0. The van der Waals surface area contributed by atoms with Gasteiger partial charge in [-0.25, -0.2) is 9.18 Å². The Labute approximate surface area is 138 Å². The van der Waals surface area contributed by atoms with Crippen LogP contribution in [0, 0.1) is 5.82 Å². The molecule has 0 amide bonds. The van der Waals surface area contributed by atoms with Crippen molar-refractivity contribution >= 4 is 29.4 Å². The molecule has 0 aliphatic rings. The molecule has 0 aromatic heterocycles. The molecule has 0 spiro atoms. The van der Waals surface area contributed by atoms with E-state index in [9.17, 15) is 14.0 Å². The van der Waals surface area contributed by atoms with E-state index in [1.54, 1.807) is 30.3 Å². The van der Waals surface area contributed by atoms with Gasteiger partial charge in [0.05, 0.1) is 5.02 Å². The predicted molar refractivity (Wildman–Crippen MR) is 86.8 cm³/mol. The van der Waals surface area contributed by atoms with E-state index in [2.05, 4.69) is 0 Å². The van der Waals surface area contributed by atoms with E-state index in [1.165, 1.54) is 31.2 Å². The Kier molecular flexibility index (Phi) is 5.66. The first kappa shape index (κ1) is 16.9. The largest absolute Gasteiger partial charge is 0.451 e. The molecule has 0 radical (unpaired) electrons. The van der Waals surface area contributed by atoms with E-state index < -0.39 is 17.9 Å². The number of esters is 1. The molecule has 0 N–H and O–H groups in total. The highest BCUT2D eigenvalue weighted by molar-refractivity contribution is 6.32. The first-order valence-electron chi connectivity index (χ1n) is 6.91. The van der Waals surface area contributed by atoms with Crippen molar-refractivity contribution in [1.29, 1.82) is 0 Å². The number of rotatable bonds is 5. The maximum atomic E-state index is 13.6. The average Bonchev–Trinajstić information content (AvgIpc) is 2.54. The van der Waals surface area contributed by atoms with Crippen LogP contribution in [0.4, 0.5) is 4.39 Å². The molecule has 0 aliphatic heterocycles. The number of halogens is 2. The van der Waals surface area contributed by atoms with Crippen molar-refractivity contribution in [2.75, 3.05) is 0 Å². The van der Waals surface area contributed by atoms with Crippen LogP contribution >= 0.6 is 11.6 Å². The Morgan fingerprint density at radius 3 is 2.48 bits per heavy atom. The van der Waals surface area contributed by atoms with Gasteiger partial charge in [-0.1, -0.05) is 48.0 Å². The fourth-order valence-corrected chi connectivity index (χ4v) is 2.15. The minimum absolute atomic E-state index is 0.0909. The molecule has 1 atom stereocenters. The summed E-state index contributed by atoms with van der Waals surface area (Å²) in [7, 11) is 0. The maximum absolute atomic E-state index is 13.6. The van der Waals surface area contributed by atoms with Gasteiger partial charge in [0.1, 0.15) is 5.82 Å². The quantitative estimate of drug-likeness (QED) is 0.465. The standard InChI is InChI=1S/C18H14ClFO3/c1-12(18(22)13-6-3-2-4-7-13)23-17(21)11-10-14-15(19)8-5-9-16(14)20/h2-12H,1H3/b11-10+/t12-/m1/s1. The highest BCUT2D eigenvalue weighted by Crippen LogP contribution is 2.20. The van der Waals surface area contributed by atoms with Gasteiger partial charge >= 0.3 is 5.97 Å². The number of carbonyl (C=O) groups is 2. The van der Waals surface area contributed by atoms with Gasteiger partial charge in [0, 0.05) is 17.2 Å². The zero-order valence-electron chi connectivity index (χ0n) is 12.3. The van der Waals surface area contributed by atoms with Crippen LogP contribution < -0.4 is 0 Å². The number of ketones is 1. The number of Topliss-reactive ketones (excluding diaryl/α,β-unsaturated/α-hetero) is 1. The van der Waals surface area contributed by atoms with Gasteiger partial charge in [0.15, 0.2) is 6.10 Å². The molecule has 0 unspecified atom stereocenters. The lowest BCUT2D eigenvalue weighted by Gasteiger charge is -2.10. The summed E-state index contributed by atoms with van der Waals surface area (Å²) in [6.45, 7) is 1.48. The molecule has 0 heterocycles. The molecule has 0 saturated heterocycles. The first-order chi connectivity index (χ1) is 11.0. The van der Waals surface area contributed by atoms with Crippen molar-refractivity contribution in [2.45, 2.75) is 13.0 Å². The fourth-order valence-electron chi connectivity index (χ4n) is 1.93. The Balaban J connectivity index is 2.02. The maximum Gasteiger partial charge on any atom is 0.331 e. The number of hydrogen-bond acceptors (Lipinski definition) is 3. The van der Waals surface area contributed by atoms with Crippen molar-refractivity contribution < 1.29 is 18.7 Å². The van der Waals surface area contributed by atoms with Gasteiger partial charge in [-0.05, 0) is 25.1 Å². The van der Waals surface area contributed by atoms with Gasteiger partial charge in [0.2, 0.25) is 5.78 Å². The molecule has 0 aliphatic carbocycles. The summed E-state index contributed by atoms with van der Waals surface area (Å²) in [6, 6.07) is 12.7. The van der Waals surface area contributed by atoms with E-state index in [1.807, 2.05) is 0 Å². The molecule has 2 rings (SSSR count). The van der Waals surface area contributed by atoms with Crippen molar-refractivity contribution in [2.24, 2.45) is 0 Å². The molecular weight excluding hydrogens is 319 g/mol. The summed E-state index contributed by atoms with van der Waals surface area (Å²) in [5.74, 6) is -1.60.